The van der Waals surface area contributed by atoms with Gasteiger partial charge in [0.1, 0.15) is 11.4 Å². The van der Waals surface area contributed by atoms with Gasteiger partial charge in [0.25, 0.3) is 0 Å². The minimum absolute atomic E-state index is 0.115. The van der Waals surface area contributed by atoms with E-state index in [0.29, 0.717) is 31.9 Å². The monoisotopic (exact) mass is 391 g/mol. The van der Waals surface area contributed by atoms with E-state index in [1.807, 2.05) is 47.6 Å². The Morgan fingerprint density at radius 3 is 2.46 bits per heavy atom. The summed E-state index contributed by atoms with van der Waals surface area (Å²) in [5.74, 6) is 0.687. The van der Waals surface area contributed by atoms with Crippen molar-refractivity contribution in [1.82, 2.24) is 10.2 Å². The van der Waals surface area contributed by atoms with Gasteiger partial charge in [-0.1, -0.05) is 13.8 Å². The Labute approximate surface area is 168 Å². The van der Waals surface area contributed by atoms with Gasteiger partial charge in [-0.3, -0.25) is 9.80 Å². The highest BCUT2D eigenvalue weighted by atomic mass is 16.6. The SMILES string of the molecule is CC.COc1c(N2CCCNC2=O)cc2c(c1C)CN(C(=O)OC(C)(C)C)C2. The van der Waals surface area contributed by atoms with Gasteiger partial charge in [0.15, 0.2) is 0 Å². The number of ether oxygens (including phenoxy) is 2. The highest BCUT2D eigenvalue weighted by Crippen LogP contribution is 2.40. The number of carbonyl (C=O) groups excluding carboxylic acids is 2. The average molecular weight is 392 g/mol. The topological polar surface area (TPSA) is 71.1 Å². The van der Waals surface area contributed by atoms with Gasteiger partial charge in [-0.15, -0.1) is 0 Å². The van der Waals surface area contributed by atoms with Crippen LogP contribution in [0.2, 0.25) is 0 Å². The first-order valence-electron chi connectivity index (χ1n) is 9.94. The van der Waals surface area contributed by atoms with Crippen LogP contribution in [-0.2, 0) is 17.8 Å². The molecule has 0 aromatic heterocycles. The standard InChI is InChI=1S/C19H27N3O4.C2H6/c1-12-14-11-21(18(24)26-19(2,3)4)10-13(14)9-15(16(12)25-5)22-8-6-7-20-17(22)23;1-2/h9H,6-8,10-11H2,1-5H3,(H,20,23);1-2H3. The third-order valence-electron chi connectivity index (χ3n) is 4.66. The number of nitrogens with one attached hydrogen (secondary N) is 1. The number of amides is 3. The number of carbonyl (C=O) groups is 2. The van der Waals surface area contributed by atoms with E-state index in [1.54, 1.807) is 16.9 Å². The lowest BCUT2D eigenvalue weighted by atomic mass is 10.0. The largest absolute Gasteiger partial charge is 0.494 e. The van der Waals surface area contributed by atoms with E-state index in [-0.39, 0.29) is 12.1 Å². The van der Waals surface area contributed by atoms with E-state index in [9.17, 15) is 9.59 Å². The van der Waals surface area contributed by atoms with Crippen molar-refractivity contribution < 1.29 is 19.1 Å². The molecular weight excluding hydrogens is 358 g/mol. The molecule has 0 unspecified atom stereocenters. The van der Waals surface area contributed by atoms with Crippen LogP contribution >= 0.6 is 0 Å². The van der Waals surface area contributed by atoms with Crippen molar-refractivity contribution in [3.8, 4) is 5.75 Å². The second-order valence-corrected chi connectivity index (χ2v) is 7.77. The van der Waals surface area contributed by atoms with Crippen LogP contribution < -0.4 is 15.0 Å². The minimum atomic E-state index is -0.532. The molecule has 28 heavy (non-hydrogen) atoms. The average Bonchev–Trinajstić information content (AvgIpc) is 3.07. The van der Waals surface area contributed by atoms with Gasteiger partial charge in [-0.2, -0.15) is 0 Å². The van der Waals surface area contributed by atoms with Gasteiger partial charge >= 0.3 is 12.1 Å². The number of methoxy groups -OCH3 is 1. The van der Waals surface area contributed by atoms with Crippen molar-refractivity contribution in [2.45, 2.75) is 66.7 Å². The van der Waals surface area contributed by atoms with E-state index in [0.717, 1.165) is 28.8 Å². The molecule has 1 N–H and O–H groups in total. The van der Waals surface area contributed by atoms with E-state index >= 15 is 0 Å². The summed E-state index contributed by atoms with van der Waals surface area (Å²) >= 11 is 0. The van der Waals surface area contributed by atoms with Crippen molar-refractivity contribution in [2.75, 3.05) is 25.1 Å². The quantitative estimate of drug-likeness (QED) is 0.820. The maximum atomic E-state index is 12.4. The van der Waals surface area contributed by atoms with Crippen LogP contribution in [0.3, 0.4) is 0 Å². The Kier molecular flexibility index (Phi) is 6.80. The first kappa shape index (κ1) is 21.9. The fraction of sp³-hybridized carbons (Fsp3) is 0.619. The molecule has 0 radical (unpaired) electrons. The van der Waals surface area contributed by atoms with Gasteiger partial charge < -0.3 is 14.8 Å². The molecule has 3 amide bonds. The molecule has 0 saturated carbocycles. The maximum absolute atomic E-state index is 12.4. The zero-order valence-electron chi connectivity index (χ0n) is 18.1. The normalized spacial score (nSPS) is 16.0. The molecule has 7 heteroatoms. The smallest absolute Gasteiger partial charge is 0.410 e. The number of urea groups is 1. The molecule has 0 atom stereocenters. The zero-order valence-corrected chi connectivity index (χ0v) is 18.1. The number of benzene rings is 1. The second kappa shape index (κ2) is 8.71. The molecule has 2 aliphatic heterocycles. The Balaban J connectivity index is 0.00000136. The van der Waals surface area contributed by atoms with Crippen molar-refractivity contribution in [3.63, 3.8) is 0 Å². The molecule has 1 fully saturated rings. The van der Waals surface area contributed by atoms with Gasteiger partial charge in [0.05, 0.1) is 19.3 Å². The molecule has 1 aromatic carbocycles. The summed E-state index contributed by atoms with van der Waals surface area (Å²) in [7, 11) is 1.61. The molecule has 2 aliphatic rings. The molecule has 7 nitrogen and oxygen atoms in total. The predicted octanol–water partition coefficient (Wildman–Crippen LogP) is 4.20. The lowest BCUT2D eigenvalue weighted by Crippen LogP contribution is -2.46. The van der Waals surface area contributed by atoms with Crippen molar-refractivity contribution in [2.24, 2.45) is 0 Å². The maximum Gasteiger partial charge on any atom is 0.410 e. The zero-order chi connectivity index (χ0) is 21.1. The van der Waals surface area contributed by atoms with Gasteiger partial charge in [-0.25, -0.2) is 9.59 Å². The van der Waals surface area contributed by atoms with Crippen molar-refractivity contribution in [1.29, 1.82) is 0 Å². The summed E-state index contributed by atoms with van der Waals surface area (Å²) in [5, 5.41) is 2.87. The summed E-state index contributed by atoms with van der Waals surface area (Å²) < 4.78 is 11.1. The number of rotatable bonds is 2. The lowest BCUT2D eigenvalue weighted by Gasteiger charge is -2.30. The summed E-state index contributed by atoms with van der Waals surface area (Å²) in [5.41, 5.74) is 3.28. The Hall–Kier alpha value is -2.44. The van der Waals surface area contributed by atoms with Gasteiger partial charge in [0, 0.05) is 19.6 Å². The van der Waals surface area contributed by atoms with Crippen LogP contribution in [-0.4, -0.2) is 42.8 Å². The lowest BCUT2D eigenvalue weighted by molar-refractivity contribution is 0.0241. The number of hydrogen-bond acceptors (Lipinski definition) is 4. The predicted molar refractivity (Wildman–Crippen MR) is 110 cm³/mol. The molecule has 3 rings (SSSR count). The molecule has 0 bridgehead atoms. The van der Waals surface area contributed by atoms with E-state index in [1.165, 1.54) is 0 Å². The first-order chi connectivity index (χ1) is 13.2. The van der Waals surface area contributed by atoms with Gasteiger partial charge in [-0.05, 0) is 56.9 Å². The van der Waals surface area contributed by atoms with Crippen LogP contribution in [0, 0.1) is 6.92 Å². The Morgan fingerprint density at radius 2 is 1.89 bits per heavy atom. The Bertz CT molecular complexity index is 740. The van der Waals surface area contributed by atoms with Crippen LogP contribution in [0.1, 0.15) is 57.7 Å². The fourth-order valence-corrected chi connectivity index (χ4v) is 3.47. The molecule has 1 saturated heterocycles. The summed E-state index contributed by atoms with van der Waals surface area (Å²) in [6.45, 7) is 13.8. The minimum Gasteiger partial charge on any atom is -0.494 e. The summed E-state index contributed by atoms with van der Waals surface area (Å²) in [6, 6.07) is 1.85. The van der Waals surface area contributed by atoms with E-state index < -0.39 is 5.60 Å². The Morgan fingerprint density at radius 1 is 1.21 bits per heavy atom. The third-order valence-corrected chi connectivity index (χ3v) is 4.66. The van der Waals surface area contributed by atoms with E-state index in [2.05, 4.69) is 5.32 Å². The second-order valence-electron chi connectivity index (χ2n) is 7.77. The number of hydrogen-bond donors (Lipinski definition) is 1. The van der Waals surface area contributed by atoms with Gasteiger partial charge in [0.2, 0.25) is 0 Å². The number of anilines is 1. The molecule has 0 spiro atoms. The van der Waals surface area contributed by atoms with Crippen molar-refractivity contribution in [3.05, 3.63) is 22.8 Å². The molecule has 1 aromatic rings. The number of fused-ring (bicyclic) bond motifs is 1. The highest BCUT2D eigenvalue weighted by Gasteiger charge is 2.32. The van der Waals surface area contributed by atoms with Crippen LogP contribution in [0.4, 0.5) is 15.3 Å². The fourth-order valence-electron chi connectivity index (χ4n) is 3.47. The molecule has 156 valence electrons. The summed E-state index contributed by atoms with van der Waals surface area (Å²) in [6.07, 6.45) is 0.555. The third kappa shape index (κ3) is 4.51. The summed E-state index contributed by atoms with van der Waals surface area (Å²) in [4.78, 5) is 28.1. The van der Waals surface area contributed by atoms with E-state index in [4.69, 9.17) is 9.47 Å². The first-order valence-corrected chi connectivity index (χ1v) is 9.94. The highest BCUT2D eigenvalue weighted by molar-refractivity contribution is 5.95. The molecule has 0 aliphatic carbocycles. The van der Waals surface area contributed by atoms with Crippen LogP contribution in [0.25, 0.3) is 0 Å². The van der Waals surface area contributed by atoms with Crippen LogP contribution in [0.15, 0.2) is 6.07 Å². The van der Waals surface area contributed by atoms with Crippen molar-refractivity contribution >= 4 is 17.8 Å². The number of nitrogens with zero attached hydrogens (tertiary/aromatic N) is 2. The van der Waals surface area contributed by atoms with Crippen LogP contribution in [0.5, 0.6) is 5.75 Å². The molecule has 2 heterocycles. The molecular formula is C21H33N3O4.